The molecule has 204 valence electrons. The predicted octanol–water partition coefficient (Wildman–Crippen LogP) is 2.74. The number of carbonyl (C=O) groups excluding carboxylic acids is 2. The molecule has 3 amide bonds. The van der Waals surface area contributed by atoms with Crippen LogP contribution in [-0.4, -0.2) is 81.9 Å². The summed E-state index contributed by atoms with van der Waals surface area (Å²) in [6.07, 6.45) is 2.60. The van der Waals surface area contributed by atoms with Crippen LogP contribution in [0, 0.1) is 17.2 Å². The summed E-state index contributed by atoms with van der Waals surface area (Å²) >= 11 is 0. The molecule has 1 aromatic carbocycles. The molecule has 2 atom stereocenters. The van der Waals surface area contributed by atoms with E-state index in [0.29, 0.717) is 41.4 Å². The van der Waals surface area contributed by atoms with E-state index in [1.165, 1.54) is 10.9 Å². The van der Waals surface area contributed by atoms with E-state index >= 15 is 0 Å². The summed E-state index contributed by atoms with van der Waals surface area (Å²) in [5.41, 5.74) is 0.985. The van der Waals surface area contributed by atoms with Crippen molar-refractivity contribution in [3.8, 4) is 11.8 Å². The van der Waals surface area contributed by atoms with E-state index in [4.69, 9.17) is 15.1 Å². The van der Waals surface area contributed by atoms with Crippen LogP contribution in [0.15, 0.2) is 42.9 Å². The van der Waals surface area contributed by atoms with Gasteiger partial charge in [-0.2, -0.15) is 5.26 Å². The normalized spacial score (nSPS) is 16.8. The molecular formula is C26H30N8O5. The van der Waals surface area contributed by atoms with E-state index in [1.54, 1.807) is 41.4 Å². The lowest BCUT2D eigenvalue weighted by atomic mass is 9.92. The molecule has 3 aromatic rings. The summed E-state index contributed by atoms with van der Waals surface area (Å²) in [5, 5.41) is 23.2. The molecule has 1 saturated heterocycles. The Labute approximate surface area is 225 Å². The number of nitrogens with one attached hydrogen (secondary N) is 2. The zero-order valence-electron chi connectivity index (χ0n) is 21.7. The number of benzene rings is 1. The number of hydrogen-bond donors (Lipinski definition) is 3. The number of likely N-dealkylation sites (tertiary alicyclic amines) is 1. The molecule has 0 bridgehead atoms. The van der Waals surface area contributed by atoms with Gasteiger partial charge in [0, 0.05) is 32.0 Å². The van der Waals surface area contributed by atoms with Crippen LogP contribution in [0.2, 0.25) is 0 Å². The molecule has 3 heterocycles. The molecule has 0 spiro atoms. The highest BCUT2D eigenvalue weighted by Crippen LogP contribution is 2.30. The lowest BCUT2D eigenvalue weighted by Crippen LogP contribution is -2.52. The highest BCUT2D eigenvalue weighted by Gasteiger charge is 2.32. The smallest absolute Gasteiger partial charge is 0.404 e. The molecule has 0 saturated carbocycles. The number of fused-ring (bicyclic) bond motifs is 1. The zero-order chi connectivity index (χ0) is 27.9. The number of rotatable bonds is 8. The molecule has 1 aliphatic heterocycles. The Balaban J connectivity index is 1.46. The van der Waals surface area contributed by atoms with Crippen LogP contribution >= 0.6 is 0 Å². The summed E-state index contributed by atoms with van der Waals surface area (Å²) in [6.45, 7) is 3.58. The number of nitriles is 1. The van der Waals surface area contributed by atoms with Crippen LogP contribution in [0.4, 0.5) is 21.1 Å². The number of carbonyl (C=O) groups is 3. The fourth-order valence-electron chi connectivity index (χ4n) is 4.64. The maximum Gasteiger partial charge on any atom is 0.404 e. The van der Waals surface area contributed by atoms with Gasteiger partial charge in [-0.15, -0.1) is 0 Å². The second kappa shape index (κ2) is 12.1. The Bertz CT molecular complexity index is 1380. The number of hydrogen-bond acceptors (Lipinski definition) is 8. The highest BCUT2D eigenvalue weighted by atomic mass is 16.5. The Morgan fingerprint density at radius 3 is 2.72 bits per heavy atom. The van der Waals surface area contributed by atoms with Gasteiger partial charge in [0.2, 0.25) is 5.91 Å². The number of ether oxygens (including phenoxy) is 1. The zero-order valence-corrected chi connectivity index (χ0v) is 21.7. The molecule has 0 aliphatic carbocycles. The maximum absolute atomic E-state index is 13.1. The minimum absolute atomic E-state index is 0.0164. The minimum atomic E-state index is -1.11. The van der Waals surface area contributed by atoms with Crippen molar-refractivity contribution in [2.24, 2.45) is 5.92 Å². The largest absolute Gasteiger partial charge is 0.492 e. The molecule has 1 fully saturated rings. The van der Waals surface area contributed by atoms with Gasteiger partial charge in [-0.1, -0.05) is 6.92 Å². The van der Waals surface area contributed by atoms with E-state index < -0.39 is 12.1 Å². The van der Waals surface area contributed by atoms with Crippen molar-refractivity contribution >= 4 is 40.6 Å². The third-order valence-corrected chi connectivity index (χ3v) is 6.76. The van der Waals surface area contributed by atoms with Crippen molar-refractivity contribution in [2.75, 3.05) is 43.5 Å². The van der Waals surface area contributed by atoms with Gasteiger partial charge in [-0.25, -0.2) is 19.6 Å². The average Bonchev–Trinajstić information content (AvgIpc) is 3.36. The van der Waals surface area contributed by atoms with Crippen molar-refractivity contribution in [3.05, 3.63) is 42.9 Å². The number of carboxylic acid groups (broad SMARTS) is 1. The summed E-state index contributed by atoms with van der Waals surface area (Å²) < 4.78 is 6.88. The van der Waals surface area contributed by atoms with Gasteiger partial charge < -0.3 is 30.3 Å². The number of aromatic nitrogens is 3. The topological polar surface area (TPSA) is 166 Å². The van der Waals surface area contributed by atoms with E-state index in [9.17, 15) is 14.4 Å². The first kappa shape index (κ1) is 27.2. The van der Waals surface area contributed by atoms with Gasteiger partial charge in [0.05, 0.1) is 24.0 Å². The number of likely N-dealkylation sites (N-methyl/N-ethyl adjacent to an activating group) is 1. The quantitative estimate of drug-likeness (QED) is 0.368. The van der Waals surface area contributed by atoms with E-state index in [1.807, 2.05) is 18.0 Å². The number of piperidine rings is 1. The summed E-state index contributed by atoms with van der Waals surface area (Å²) in [7, 11) is 1.92. The van der Waals surface area contributed by atoms with Crippen molar-refractivity contribution < 1.29 is 24.2 Å². The number of amides is 3. The lowest BCUT2D eigenvalue weighted by molar-refractivity contribution is -0.131. The fraction of sp³-hybridized carbons (Fsp3) is 0.385. The van der Waals surface area contributed by atoms with Gasteiger partial charge in [0.25, 0.3) is 0 Å². The molecule has 2 aromatic heterocycles. The molecule has 39 heavy (non-hydrogen) atoms. The molecule has 13 nitrogen and oxygen atoms in total. The molecule has 1 aliphatic rings. The Kier molecular flexibility index (Phi) is 8.45. The van der Waals surface area contributed by atoms with Crippen LogP contribution in [0.25, 0.3) is 11.0 Å². The third kappa shape index (κ3) is 6.35. The predicted molar refractivity (Wildman–Crippen MR) is 143 cm³/mol. The van der Waals surface area contributed by atoms with Gasteiger partial charge >= 0.3 is 12.1 Å². The Hall–Kier alpha value is -4.86. The Morgan fingerprint density at radius 2 is 2.00 bits per heavy atom. The molecule has 13 heteroatoms. The average molecular weight is 535 g/mol. The summed E-state index contributed by atoms with van der Waals surface area (Å²) in [6, 6.07) is 10.0. The van der Waals surface area contributed by atoms with Crippen LogP contribution < -0.4 is 20.3 Å². The van der Waals surface area contributed by atoms with Crippen molar-refractivity contribution in [3.63, 3.8) is 0 Å². The van der Waals surface area contributed by atoms with Crippen molar-refractivity contribution in [1.82, 2.24) is 24.8 Å². The molecule has 3 N–H and O–H groups in total. The van der Waals surface area contributed by atoms with Gasteiger partial charge in [-0.05, 0) is 42.7 Å². The van der Waals surface area contributed by atoms with Crippen LogP contribution in [0.1, 0.15) is 19.8 Å². The lowest BCUT2D eigenvalue weighted by Gasteiger charge is -2.42. The van der Waals surface area contributed by atoms with Gasteiger partial charge in [-0.3, -0.25) is 9.36 Å². The van der Waals surface area contributed by atoms with Crippen molar-refractivity contribution in [2.45, 2.75) is 25.8 Å². The molecular weight excluding hydrogens is 504 g/mol. The first-order valence-electron chi connectivity index (χ1n) is 12.5. The summed E-state index contributed by atoms with van der Waals surface area (Å²) in [5.74, 6) is 1.30. The standard InChI is InChI=1S/C26H30N8O5/c1-17-8-12-33(22(35)7-10-27)15-21(17)32(2)23-20-9-13-34(24(20)30-16-29-23)25(36)31-18-3-5-19(6-4-18)39-14-11-28-26(37)38/h3-6,9,13,16-17,21,28H,7-8,11-12,14-15H2,1-2H3,(H,31,36)(H,37,38)/t17-,21+/m1/s1. The van der Waals surface area contributed by atoms with E-state index in [2.05, 4.69) is 27.5 Å². The summed E-state index contributed by atoms with van der Waals surface area (Å²) in [4.78, 5) is 48.5. The number of anilines is 2. The van der Waals surface area contributed by atoms with E-state index in [0.717, 1.165) is 6.42 Å². The third-order valence-electron chi connectivity index (χ3n) is 6.76. The van der Waals surface area contributed by atoms with Gasteiger partial charge in [0.15, 0.2) is 5.65 Å². The van der Waals surface area contributed by atoms with Crippen LogP contribution in [0.3, 0.4) is 0 Å². The fourth-order valence-corrected chi connectivity index (χ4v) is 4.64. The van der Waals surface area contributed by atoms with Gasteiger partial charge in [0.1, 0.15) is 30.9 Å². The second-order valence-electron chi connectivity index (χ2n) is 9.27. The second-order valence-corrected chi connectivity index (χ2v) is 9.27. The SMILES string of the molecule is C[C@@H]1CCN(C(=O)CC#N)C[C@@H]1N(C)c1ncnc2c1ccn2C(=O)Nc1ccc(OCCNC(=O)O)cc1. The molecule has 4 rings (SSSR count). The highest BCUT2D eigenvalue weighted by molar-refractivity contribution is 5.99. The van der Waals surface area contributed by atoms with Crippen LogP contribution in [-0.2, 0) is 4.79 Å². The first-order valence-corrected chi connectivity index (χ1v) is 12.5. The first-order chi connectivity index (χ1) is 18.8. The Morgan fingerprint density at radius 1 is 1.23 bits per heavy atom. The van der Waals surface area contributed by atoms with Crippen LogP contribution in [0.5, 0.6) is 5.75 Å². The molecule has 0 unspecified atom stereocenters. The number of nitrogens with zero attached hydrogens (tertiary/aromatic N) is 6. The maximum atomic E-state index is 13.1. The van der Waals surface area contributed by atoms with E-state index in [-0.39, 0.29) is 37.4 Å². The minimum Gasteiger partial charge on any atom is -0.492 e. The monoisotopic (exact) mass is 534 g/mol. The van der Waals surface area contributed by atoms with Crippen molar-refractivity contribution in [1.29, 1.82) is 5.26 Å². The molecule has 0 radical (unpaired) electrons.